The first-order chi connectivity index (χ1) is 15.5. The van der Waals surface area contributed by atoms with E-state index >= 15 is 0 Å². The van der Waals surface area contributed by atoms with E-state index in [1.54, 1.807) is 13.1 Å². The maximum atomic E-state index is 12.1. The number of amides is 1. The lowest BCUT2D eigenvalue weighted by Crippen LogP contribution is -2.47. The summed E-state index contributed by atoms with van der Waals surface area (Å²) in [6.45, 7) is 7.57. The van der Waals surface area contributed by atoms with E-state index in [-0.39, 0.29) is 17.5 Å². The summed E-state index contributed by atoms with van der Waals surface area (Å²) >= 11 is 0. The van der Waals surface area contributed by atoms with Crippen LogP contribution in [0.3, 0.4) is 0 Å². The van der Waals surface area contributed by atoms with Crippen molar-refractivity contribution in [3.63, 3.8) is 0 Å². The summed E-state index contributed by atoms with van der Waals surface area (Å²) in [6, 6.07) is 8.20. The second-order valence-corrected chi connectivity index (χ2v) is 8.83. The number of piperazine rings is 1. The Bertz CT molecular complexity index is 1190. The molecular formula is C24H28N6O2. The van der Waals surface area contributed by atoms with Gasteiger partial charge in [0.25, 0.3) is 11.5 Å². The van der Waals surface area contributed by atoms with Crippen LogP contribution >= 0.6 is 0 Å². The molecule has 0 spiro atoms. The van der Waals surface area contributed by atoms with Crippen LogP contribution in [0.15, 0.2) is 41.5 Å². The van der Waals surface area contributed by atoms with Crippen molar-refractivity contribution in [3.8, 4) is 0 Å². The highest BCUT2D eigenvalue weighted by Gasteiger charge is 2.25. The maximum absolute atomic E-state index is 12.1. The zero-order chi connectivity index (χ0) is 22.2. The molecule has 0 aromatic carbocycles. The van der Waals surface area contributed by atoms with E-state index in [9.17, 15) is 9.59 Å². The van der Waals surface area contributed by atoms with E-state index < -0.39 is 0 Å². The zero-order valence-electron chi connectivity index (χ0n) is 18.5. The van der Waals surface area contributed by atoms with Crippen LogP contribution in [0.5, 0.6) is 0 Å². The van der Waals surface area contributed by atoms with Crippen molar-refractivity contribution in [2.75, 3.05) is 31.1 Å². The van der Waals surface area contributed by atoms with Crippen LogP contribution in [0, 0.1) is 6.92 Å². The fourth-order valence-electron chi connectivity index (χ4n) is 4.20. The zero-order valence-corrected chi connectivity index (χ0v) is 18.5. The summed E-state index contributed by atoms with van der Waals surface area (Å²) in [5, 5.41) is 2.97. The molecule has 8 heteroatoms. The summed E-state index contributed by atoms with van der Waals surface area (Å²) in [6.07, 6.45) is 5.84. The van der Waals surface area contributed by atoms with E-state index in [4.69, 9.17) is 0 Å². The van der Waals surface area contributed by atoms with Crippen LogP contribution < -0.4 is 15.8 Å². The molecule has 8 nitrogen and oxygen atoms in total. The van der Waals surface area contributed by atoms with Gasteiger partial charge < -0.3 is 15.2 Å². The van der Waals surface area contributed by atoms with Gasteiger partial charge in [0.05, 0.1) is 22.9 Å². The molecule has 1 aliphatic carbocycles. The topological polar surface area (TPSA) is 94.2 Å². The minimum atomic E-state index is -0.0850. The summed E-state index contributed by atoms with van der Waals surface area (Å²) in [7, 11) is 0. The predicted octanol–water partition coefficient (Wildman–Crippen LogP) is 2.40. The standard InChI is InChI=1S/C24H28N6O2/c1-15-11-21-22(28-23(15)31)12-17(13-25-21)16(2)29-7-9-30(10-8-29)19-5-6-20(26-14-19)24(32)27-18-3-4-18/h5-6,11-14,16,18H,3-4,7-10H2,1-2H3,(H,27,32)(H,28,31). The Morgan fingerprint density at radius 1 is 1.12 bits per heavy atom. The van der Waals surface area contributed by atoms with Gasteiger partial charge in [-0.2, -0.15) is 0 Å². The monoisotopic (exact) mass is 432 g/mol. The molecule has 2 N–H and O–H groups in total. The van der Waals surface area contributed by atoms with Crippen LogP contribution in [-0.2, 0) is 0 Å². The van der Waals surface area contributed by atoms with E-state index in [2.05, 4.69) is 37.0 Å². The third-order valence-electron chi connectivity index (χ3n) is 6.50. The van der Waals surface area contributed by atoms with Gasteiger partial charge in [0.15, 0.2) is 0 Å². The molecule has 3 aromatic rings. The van der Waals surface area contributed by atoms with Gasteiger partial charge in [-0.05, 0) is 56.5 Å². The second-order valence-electron chi connectivity index (χ2n) is 8.83. The Morgan fingerprint density at radius 2 is 1.91 bits per heavy atom. The quantitative estimate of drug-likeness (QED) is 0.643. The van der Waals surface area contributed by atoms with Crippen molar-refractivity contribution in [2.45, 2.75) is 38.8 Å². The van der Waals surface area contributed by atoms with Gasteiger partial charge in [0.1, 0.15) is 5.69 Å². The van der Waals surface area contributed by atoms with Gasteiger partial charge in [0, 0.05) is 50.0 Å². The molecule has 4 heterocycles. The molecule has 1 saturated carbocycles. The average Bonchev–Trinajstić information content (AvgIpc) is 3.63. The number of anilines is 1. The number of pyridine rings is 3. The summed E-state index contributed by atoms with van der Waals surface area (Å²) in [5.74, 6) is -0.0850. The van der Waals surface area contributed by atoms with Crippen LogP contribution in [0.2, 0.25) is 0 Å². The molecule has 5 rings (SSSR count). The molecule has 2 fully saturated rings. The number of nitrogens with one attached hydrogen (secondary N) is 2. The van der Waals surface area contributed by atoms with Gasteiger partial charge in [-0.3, -0.25) is 19.5 Å². The number of carbonyl (C=O) groups excluding carboxylic acids is 1. The lowest BCUT2D eigenvalue weighted by Gasteiger charge is -2.39. The van der Waals surface area contributed by atoms with Crippen LogP contribution in [0.25, 0.3) is 11.0 Å². The first kappa shape index (κ1) is 20.6. The van der Waals surface area contributed by atoms with Gasteiger partial charge in [-0.25, -0.2) is 4.98 Å². The molecule has 1 amide bonds. The lowest BCUT2D eigenvalue weighted by atomic mass is 10.1. The number of aromatic nitrogens is 3. The predicted molar refractivity (Wildman–Crippen MR) is 124 cm³/mol. The molecule has 0 bridgehead atoms. The number of H-pyrrole nitrogens is 1. The normalized spacial score (nSPS) is 18.0. The average molecular weight is 433 g/mol. The lowest BCUT2D eigenvalue weighted by molar-refractivity contribution is 0.0946. The molecule has 0 radical (unpaired) electrons. The molecule has 1 saturated heterocycles. The summed E-state index contributed by atoms with van der Waals surface area (Å²) in [4.78, 5) is 40.7. The van der Waals surface area contributed by atoms with Crippen LogP contribution in [0.4, 0.5) is 5.69 Å². The fraction of sp³-hybridized carbons (Fsp3) is 0.417. The Hall–Kier alpha value is -3.26. The number of aromatic amines is 1. The highest BCUT2D eigenvalue weighted by Crippen LogP contribution is 2.25. The highest BCUT2D eigenvalue weighted by atomic mass is 16.2. The maximum Gasteiger partial charge on any atom is 0.270 e. The van der Waals surface area contributed by atoms with Gasteiger partial charge in [-0.15, -0.1) is 0 Å². The Labute approximate surface area is 186 Å². The molecule has 32 heavy (non-hydrogen) atoms. The number of carbonyl (C=O) groups is 1. The first-order valence-electron chi connectivity index (χ1n) is 11.2. The number of rotatable bonds is 5. The number of fused-ring (bicyclic) bond motifs is 1. The minimum absolute atomic E-state index is 0.0673. The Kier molecular flexibility index (Phi) is 5.38. The molecular weight excluding hydrogens is 404 g/mol. The van der Waals surface area contributed by atoms with Crippen molar-refractivity contribution in [2.24, 2.45) is 0 Å². The number of hydrogen-bond acceptors (Lipinski definition) is 6. The van der Waals surface area contributed by atoms with Crippen molar-refractivity contribution in [1.29, 1.82) is 0 Å². The summed E-state index contributed by atoms with van der Waals surface area (Å²) < 4.78 is 0. The smallest absolute Gasteiger partial charge is 0.270 e. The number of aryl methyl sites for hydroxylation is 1. The minimum Gasteiger partial charge on any atom is -0.368 e. The molecule has 1 aliphatic heterocycles. The van der Waals surface area contributed by atoms with E-state index in [0.29, 0.717) is 17.3 Å². The van der Waals surface area contributed by atoms with Crippen molar-refractivity contribution in [3.05, 3.63) is 63.8 Å². The van der Waals surface area contributed by atoms with E-state index in [1.807, 2.05) is 30.5 Å². The van der Waals surface area contributed by atoms with Crippen molar-refractivity contribution in [1.82, 2.24) is 25.2 Å². The first-order valence-corrected chi connectivity index (χ1v) is 11.2. The Morgan fingerprint density at radius 3 is 2.59 bits per heavy atom. The third-order valence-corrected chi connectivity index (χ3v) is 6.50. The highest BCUT2D eigenvalue weighted by molar-refractivity contribution is 5.92. The van der Waals surface area contributed by atoms with Gasteiger partial charge in [-0.1, -0.05) is 0 Å². The van der Waals surface area contributed by atoms with Gasteiger partial charge in [0.2, 0.25) is 0 Å². The van der Waals surface area contributed by atoms with Gasteiger partial charge >= 0.3 is 0 Å². The SMILES string of the molecule is Cc1cc2ncc(C(C)N3CCN(c4ccc(C(=O)NC5CC5)nc4)CC3)cc2[nH]c1=O. The third kappa shape index (κ3) is 4.23. The molecule has 1 unspecified atom stereocenters. The molecule has 1 atom stereocenters. The van der Waals surface area contributed by atoms with Crippen molar-refractivity contribution < 1.29 is 4.79 Å². The Balaban J connectivity index is 1.22. The van der Waals surface area contributed by atoms with E-state index in [0.717, 1.165) is 61.3 Å². The molecule has 3 aromatic heterocycles. The summed E-state index contributed by atoms with van der Waals surface area (Å²) in [5.41, 5.74) is 4.81. The second kappa shape index (κ2) is 8.35. The largest absolute Gasteiger partial charge is 0.368 e. The fourth-order valence-corrected chi connectivity index (χ4v) is 4.20. The molecule has 166 valence electrons. The van der Waals surface area contributed by atoms with Crippen molar-refractivity contribution >= 4 is 22.6 Å². The molecule has 2 aliphatic rings. The van der Waals surface area contributed by atoms with E-state index in [1.165, 1.54) is 0 Å². The van der Waals surface area contributed by atoms with Crippen LogP contribution in [-0.4, -0.2) is 58.0 Å². The van der Waals surface area contributed by atoms with Crippen LogP contribution in [0.1, 0.15) is 47.4 Å². The number of nitrogens with zero attached hydrogens (tertiary/aromatic N) is 4. The number of hydrogen-bond donors (Lipinski definition) is 2.